The summed E-state index contributed by atoms with van der Waals surface area (Å²) in [5.41, 5.74) is 2.38. The molecular formula is C22H26F2N4O. The lowest BCUT2D eigenvalue weighted by atomic mass is 10.1. The van der Waals surface area contributed by atoms with E-state index in [4.69, 9.17) is 0 Å². The number of hydrogen-bond acceptors (Lipinski definition) is 4. The summed E-state index contributed by atoms with van der Waals surface area (Å²) >= 11 is 0. The molecule has 2 aromatic rings. The molecule has 2 aromatic carbocycles. The number of amides is 1. The number of carbonyl (C=O) groups excluding carboxylic acids is 1. The molecule has 0 aliphatic carbocycles. The number of hydrogen-bond donors (Lipinski definition) is 3. The molecule has 0 bridgehead atoms. The number of carbonyl (C=O) groups is 1. The van der Waals surface area contributed by atoms with Gasteiger partial charge in [-0.1, -0.05) is 13.8 Å². The molecule has 7 heteroatoms. The van der Waals surface area contributed by atoms with E-state index < -0.39 is 5.82 Å². The van der Waals surface area contributed by atoms with Crippen LogP contribution in [0.3, 0.4) is 0 Å². The zero-order chi connectivity index (χ0) is 20.8. The first-order valence-electron chi connectivity index (χ1n) is 9.85. The third kappa shape index (κ3) is 5.12. The molecule has 5 nitrogen and oxygen atoms in total. The van der Waals surface area contributed by atoms with Crippen molar-refractivity contribution in [1.82, 2.24) is 4.90 Å². The van der Waals surface area contributed by atoms with Crippen molar-refractivity contribution >= 4 is 28.5 Å². The van der Waals surface area contributed by atoms with Gasteiger partial charge in [0.1, 0.15) is 11.6 Å². The number of rotatable bonds is 9. The van der Waals surface area contributed by atoms with Crippen LogP contribution in [0.2, 0.25) is 0 Å². The average molecular weight is 400 g/mol. The van der Waals surface area contributed by atoms with Crippen LogP contribution in [0.1, 0.15) is 25.8 Å². The maximum atomic E-state index is 14.4. The summed E-state index contributed by atoms with van der Waals surface area (Å²) in [6, 6.07) is 8.91. The number of benzene rings is 2. The topological polar surface area (TPSA) is 56.4 Å². The molecule has 29 heavy (non-hydrogen) atoms. The fourth-order valence-electron chi connectivity index (χ4n) is 3.28. The molecule has 0 fully saturated rings. The van der Waals surface area contributed by atoms with E-state index in [0.29, 0.717) is 34.7 Å². The largest absolute Gasteiger partial charge is 0.383 e. The van der Waals surface area contributed by atoms with Gasteiger partial charge in [-0.05, 0) is 62.5 Å². The fourth-order valence-corrected chi connectivity index (χ4v) is 3.28. The molecule has 3 N–H and O–H groups in total. The van der Waals surface area contributed by atoms with Crippen molar-refractivity contribution in [2.24, 2.45) is 0 Å². The summed E-state index contributed by atoms with van der Waals surface area (Å²) in [5, 5.41) is 8.68. The van der Waals surface area contributed by atoms with Gasteiger partial charge in [0.2, 0.25) is 0 Å². The molecule has 0 atom stereocenters. The van der Waals surface area contributed by atoms with Crippen molar-refractivity contribution in [1.29, 1.82) is 0 Å². The minimum atomic E-state index is -0.416. The van der Waals surface area contributed by atoms with Gasteiger partial charge >= 0.3 is 0 Å². The summed E-state index contributed by atoms with van der Waals surface area (Å²) in [6.07, 6.45) is 2.44. The van der Waals surface area contributed by atoms with Crippen molar-refractivity contribution < 1.29 is 13.6 Å². The first kappa shape index (κ1) is 20.8. The first-order valence-corrected chi connectivity index (χ1v) is 9.85. The lowest BCUT2D eigenvalue weighted by Gasteiger charge is -2.18. The van der Waals surface area contributed by atoms with E-state index in [1.807, 2.05) is 0 Å². The monoisotopic (exact) mass is 400 g/mol. The van der Waals surface area contributed by atoms with E-state index >= 15 is 0 Å². The second-order valence-corrected chi connectivity index (χ2v) is 6.85. The minimum absolute atomic E-state index is 0.329. The molecule has 0 saturated carbocycles. The highest BCUT2D eigenvalue weighted by molar-refractivity contribution is 6.31. The van der Waals surface area contributed by atoms with Crippen molar-refractivity contribution in [3.8, 4) is 0 Å². The molecule has 0 aromatic heterocycles. The number of anilines is 3. The van der Waals surface area contributed by atoms with Crippen LogP contribution >= 0.6 is 0 Å². The lowest BCUT2D eigenvalue weighted by Crippen LogP contribution is -2.25. The van der Waals surface area contributed by atoms with E-state index in [9.17, 15) is 13.6 Å². The van der Waals surface area contributed by atoms with Gasteiger partial charge in [-0.3, -0.25) is 4.79 Å². The van der Waals surface area contributed by atoms with Gasteiger partial charge in [-0.2, -0.15) is 0 Å². The Bertz CT molecular complexity index is 910. The number of nitrogens with zero attached hydrogens (tertiary/aromatic N) is 1. The van der Waals surface area contributed by atoms with Crippen LogP contribution in [-0.4, -0.2) is 37.0 Å². The van der Waals surface area contributed by atoms with Crippen LogP contribution in [-0.2, 0) is 4.79 Å². The zero-order valence-electron chi connectivity index (χ0n) is 16.7. The van der Waals surface area contributed by atoms with Crippen LogP contribution in [0, 0.1) is 11.6 Å². The molecule has 1 aliphatic rings. The number of nitrogens with one attached hydrogen (secondary N) is 3. The second-order valence-electron chi connectivity index (χ2n) is 6.85. The van der Waals surface area contributed by atoms with Crippen LogP contribution in [0.5, 0.6) is 0 Å². The number of halogens is 2. The minimum Gasteiger partial charge on any atom is -0.383 e. The Morgan fingerprint density at radius 1 is 1.10 bits per heavy atom. The molecule has 3 rings (SSSR count). The Kier molecular flexibility index (Phi) is 6.82. The highest BCUT2D eigenvalue weighted by atomic mass is 19.1. The van der Waals surface area contributed by atoms with Gasteiger partial charge in [0.25, 0.3) is 5.91 Å². The van der Waals surface area contributed by atoms with Crippen molar-refractivity contribution in [2.75, 3.05) is 42.1 Å². The molecule has 0 spiro atoms. The van der Waals surface area contributed by atoms with Crippen molar-refractivity contribution in [3.63, 3.8) is 0 Å². The molecule has 154 valence electrons. The second kappa shape index (κ2) is 9.52. The van der Waals surface area contributed by atoms with Crippen LogP contribution in [0.25, 0.3) is 5.57 Å². The normalized spacial score (nSPS) is 14.2. The molecule has 1 aliphatic heterocycles. The van der Waals surface area contributed by atoms with Gasteiger partial charge < -0.3 is 20.9 Å². The zero-order valence-corrected chi connectivity index (χ0v) is 16.7. The molecule has 1 heterocycles. The molecular weight excluding hydrogens is 374 g/mol. The third-order valence-electron chi connectivity index (χ3n) is 4.98. The van der Waals surface area contributed by atoms with Crippen molar-refractivity contribution in [2.45, 2.75) is 20.3 Å². The quantitative estimate of drug-likeness (QED) is 0.428. The summed E-state index contributed by atoms with van der Waals surface area (Å²) in [5.74, 6) is -1.11. The highest BCUT2D eigenvalue weighted by Crippen LogP contribution is 2.32. The van der Waals surface area contributed by atoms with Crippen molar-refractivity contribution in [3.05, 3.63) is 59.8 Å². The van der Waals surface area contributed by atoms with E-state index in [2.05, 4.69) is 34.7 Å². The van der Waals surface area contributed by atoms with E-state index in [-0.39, 0.29) is 11.7 Å². The summed E-state index contributed by atoms with van der Waals surface area (Å²) in [7, 11) is 0. The predicted octanol–water partition coefficient (Wildman–Crippen LogP) is 4.51. The summed E-state index contributed by atoms with van der Waals surface area (Å²) in [4.78, 5) is 14.4. The van der Waals surface area contributed by atoms with E-state index in [0.717, 1.165) is 26.1 Å². The smallest absolute Gasteiger partial charge is 0.257 e. The van der Waals surface area contributed by atoms with Gasteiger partial charge in [-0.25, -0.2) is 8.78 Å². The van der Waals surface area contributed by atoms with Crippen LogP contribution in [0.4, 0.5) is 25.8 Å². The van der Waals surface area contributed by atoms with E-state index in [1.54, 1.807) is 18.2 Å². The van der Waals surface area contributed by atoms with Gasteiger partial charge in [-0.15, -0.1) is 0 Å². The first-order chi connectivity index (χ1) is 14.0. The summed E-state index contributed by atoms with van der Waals surface area (Å²) < 4.78 is 27.7. The average Bonchev–Trinajstić information content (AvgIpc) is 3.01. The van der Waals surface area contributed by atoms with E-state index in [1.165, 1.54) is 24.4 Å². The highest BCUT2D eigenvalue weighted by Gasteiger charge is 2.24. The SMILES string of the molecule is CCN(CC)CCCNc1ccc(N/C=C2\C(=O)Nc3cc(F)ccc32)cc1F. The third-order valence-corrected chi connectivity index (χ3v) is 4.98. The molecule has 0 saturated heterocycles. The number of fused-ring (bicyclic) bond motifs is 1. The van der Waals surface area contributed by atoms with Crippen LogP contribution in [0.15, 0.2) is 42.6 Å². The summed E-state index contributed by atoms with van der Waals surface area (Å²) in [6.45, 7) is 7.95. The van der Waals surface area contributed by atoms with Gasteiger partial charge in [0.15, 0.2) is 0 Å². The van der Waals surface area contributed by atoms with Gasteiger partial charge in [0.05, 0.1) is 16.9 Å². The molecule has 1 amide bonds. The fraction of sp³-hybridized carbons (Fsp3) is 0.318. The predicted molar refractivity (Wildman–Crippen MR) is 114 cm³/mol. The molecule has 0 radical (unpaired) electrons. The van der Waals surface area contributed by atoms with Crippen LogP contribution < -0.4 is 16.0 Å². The Morgan fingerprint density at radius 3 is 2.62 bits per heavy atom. The Morgan fingerprint density at radius 2 is 1.90 bits per heavy atom. The Balaban J connectivity index is 1.60. The standard InChI is InChI=1S/C22H26F2N4O/c1-3-28(4-2)11-5-10-25-20-9-7-16(13-19(20)24)26-14-18-17-8-6-15(23)12-21(17)27-22(18)29/h6-9,12-14,25-26H,3-5,10-11H2,1-2H3,(H,27,29)/b18-14-. The van der Waals surface area contributed by atoms with Gasteiger partial charge in [0, 0.05) is 24.0 Å². The maximum absolute atomic E-state index is 14.4. The Labute approximate surface area is 169 Å². The molecule has 0 unspecified atom stereocenters. The Hall–Kier alpha value is -2.93. The lowest BCUT2D eigenvalue weighted by molar-refractivity contribution is -0.110. The maximum Gasteiger partial charge on any atom is 0.257 e.